The number of hydrogen-bond donors (Lipinski definition) is 1. The minimum atomic E-state index is -0.333. The second-order valence-electron chi connectivity index (χ2n) is 6.90. The van der Waals surface area contributed by atoms with E-state index in [9.17, 15) is 14.4 Å². The van der Waals surface area contributed by atoms with Crippen molar-refractivity contribution < 1.29 is 9.59 Å². The predicted molar refractivity (Wildman–Crippen MR) is 99.1 cm³/mol. The van der Waals surface area contributed by atoms with Gasteiger partial charge in [0.15, 0.2) is 0 Å². The van der Waals surface area contributed by atoms with E-state index in [4.69, 9.17) is 0 Å². The highest BCUT2D eigenvalue weighted by Crippen LogP contribution is 2.52. The fraction of sp³-hybridized carbons (Fsp3) is 0.333. The molecule has 4 rings (SSSR count). The molecule has 7 nitrogen and oxygen atoms in total. The number of carbonyl (C=O) groups excluding carboxylic acids is 2. The number of carbonyl (C=O) groups is 2. The van der Waals surface area contributed by atoms with Gasteiger partial charge >= 0.3 is 0 Å². The Hall–Kier alpha value is -2.48. The fourth-order valence-electron chi connectivity index (χ4n) is 3.46. The van der Waals surface area contributed by atoms with Gasteiger partial charge in [-0.2, -0.15) is 0 Å². The lowest BCUT2D eigenvalue weighted by molar-refractivity contribution is -0.117. The van der Waals surface area contributed by atoms with E-state index in [1.165, 1.54) is 10.8 Å². The molecule has 1 aliphatic carbocycles. The number of fused-ring (bicyclic) bond motifs is 2. The van der Waals surface area contributed by atoms with Crippen LogP contribution in [-0.4, -0.2) is 39.4 Å². The van der Waals surface area contributed by atoms with Crippen LogP contribution < -0.4 is 10.9 Å². The zero-order valence-electron chi connectivity index (χ0n) is 14.2. The highest BCUT2D eigenvalue weighted by molar-refractivity contribution is 9.10. The first-order valence-electron chi connectivity index (χ1n) is 8.30. The van der Waals surface area contributed by atoms with Gasteiger partial charge in [0.25, 0.3) is 11.5 Å². The molecule has 2 heterocycles. The number of benzene rings is 1. The first-order chi connectivity index (χ1) is 12.4. The average Bonchev–Trinajstić information content (AvgIpc) is 3.36. The normalized spacial score (nSPS) is 17.2. The molecule has 0 atom stereocenters. The van der Waals surface area contributed by atoms with Crippen molar-refractivity contribution in [2.75, 3.05) is 18.4 Å². The third-order valence-corrected chi connectivity index (χ3v) is 5.49. The number of halogens is 1. The summed E-state index contributed by atoms with van der Waals surface area (Å²) in [4.78, 5) is 42.0. The van der Waals surface area contributed by atoms with Crippen LogP contribution in [0.3, 0.4) is 0 Å². The molecule has 1 aliphatic heterocycles. The summed E-state index contributed by atoms with van der Waals surface area (Å²) in [6.07, 6.45) is 4.64. The lowest BCUT2D eigenvalue weighted by Gasteiger charge is -2.34. The number of hydrogen-bond acceptors (Lipinski definition) is 4. The van der Waals surface area contributed by atoms with Crippen LogP contribution in [0.2, 0.25) is 0 Å². The Morgan fingerprint density at radius 3 is 2.81 bits per heavy atom. The van der Waals surface area contributed by atoms with Crippen LogP contribution >= 0.6 is 15.9 Å². The van der Waals surface area contributed by atoms with Crippen molar-refractivity contribution in [3.63, 3.8) is 0 Å². The molecule has 1 aromatic carbocycles. The topological polar surface area (TPSA) is 84.3 Å². The van der Waals surface area contributed by atoms with Crippen molar-refractivity contribution in [2.24, 2.45) is 7.05 Å². The predicted octanol–water partition coefficient (Wildman–Crippen LogP) is 1.67. The van der Waals surface area contributed by atoms with Gasteiger partial charge in [0, 0.05) is 35.2 Å². The van der Waals surface area contributed by atoms with Gasteiger partial charge in [0.05, 0.1) is 6.20 Å². The molecule has 1 spiro atoms. The number of aryl methyl sites for hydroxylation is 1. The number of nitrogens with one attached hydrogen (secondary N) is 1. The average molecular weight is 417 g/mol. The van der Waals surface area contributed by atoms with E-state index in [1.54, 1.807) is 11.9 Å². The maximum Gasteiger partial charge on any atom is 0.268 e. The Kier molecular flexibility index (Phi) is 3.95. The van der Waals surface area contributed by atoms with Crippen molar-refractivity contribution in [1.29, 1.82) is 0 Å². The van der Waals surface area contributed by atoms with E-state index < -0.39 is 0 Å². The number of amides is 2. The van der Waals surface area contributed by atoms with Crippen molar-refractivity contribution in [2.45, 2.75) is 18.3 Å². The maximum atomic E-state index is 12.8. The molecular weight excluding hydrogens is 400 g/mol. The third-order valence-electron chi connectivity index (χ3n) is 5.00. The molecule has 1 saturated carbocycles. The largest absolute Gasteiger partial charge is 0.328 e. The van der Waals surface area contributed by atoms with E-state index in [1.807, 2.05) is 18.2 Å². The van der Waals surface area contributed by atoms with Crippen LogP contribution in [0.4, 0.5) is 5.82 Å². The smallest absolute Gasteiger partial charge is 0.268 e. The quantitative estimate of drug-likeness (QED) is 0.824. The molecule has 0 unspecified atom stereocenters. The summed E-state index contributed by atoms with van der Waals surface area (Å²) in [5, 5.41) is 2.65. The first kappa shape index (κ1) is 17.0. The number of anilines is 1. The molecule has 1 N–H and O–H groups in total. The van der Waals surface area contributed by atoms with E-state index in [0.29, 0.717) is 12.1 Å². The van der Waals surface area contributed by atoms with E-state index >= 15 is 0 Å². The molecule has 0 bridgehead atoms. The Morgan fingerprint density at radius 2 is 2.12 bits per heavy atom. The lowest BCUT2D eigenvalue weighted by atomic mass is 9.86. The molecule has 2 aliphatic rings. The second-order valence-corrected chi connectivity index (χ2v) is 7.82. The molecular formula is C18H17BrN4O3. The van der Waals surface area contributed by atoms with Crippen molar-refractivity contribution in [3.05, 3.63) is 56.5 Å². The Balaban J connectivity index is 1.53. The van der Waals surface area contributed by atoms with Gasteiger partial charge in [-0.25, -0.2) is 4.98 Å². The van der Waals surface area contributed by atoms with Gasteiger partial charge in [0.2, 0.25) is 5.91 Å². The standard InChI is InChI=1S/C18H17BrN4O3/c1-22-8-14(20-7-16(22)25)21-15(24)9-23-10-18(4-5-18)13-6-11(19)2-3-12(13)17(23)26/h2-3,6-8H,4-5,9-10H2,1H3,(H,21,24). The highest BCUT2D eigenvalue weighted by atomic mass is 79.9. The summed E-state index contributed by atoms with van der Waals surface area (Å²) >= 11 is 3.47. The number of aromatic nitrogens is 2. The van der Waals surface area contributed by atoms with Gasteiger partial charge in [0.1, 0.15) is 12.4 Å². The minimum absolute atomic E-state index is 0.0256. The summed E-state index contributed by atoms with van der Waals surface area (Å²) < 4.78 is 2.30. The zero-order chi connectivity index (χ0) is 18.5. The number of nitrogens with zero attached hydrogens (tertiary/aromatic N) is 3. The molecule has 26 heavy (non-hydrogen) atoms. The van der Waals surface area contributed by atoms with Crippen LogP contribution in [0.5, 0.6) is 0 Å². The second kappa shape index (κ2) is 6.05. The van der Waals surface area contributed by atoms with Gasteiger partial charge < -0.3 is 14.8 Å². The Bertz CT molecular complexity index is 981. The minimum Gasteiger partial charge on any atom is -0.328 e. The molecule has 134 valence electrons. The van der Waals surface area contributed by atoms with Crippen molar-refractivity contribution >= 4 is 33.6 Å². The summed E-state index contributed by atoms with van der Waals surface area (Å²) in [6.45, 7) is 0.504. The van der Waals surface area contributed by atoms with Crippen LogP contribution in [0.15, 0.2) is 39.9 Å². The van der Waals surface area contributed by atoms with Gasteiger partial charge in [-0.15, -0.1) is 0 Å². The van der Waals surface area contributed by atoms with Gasteiger partial charge in [-0.05, 0) is 36.6 Å². The maximum absolute atomic E-state index is 12.8. The summed E-state index contributed by atoms with van der Waals surface area (Å²) in [5.41, 5.74) is 1.47. The molecule has 2 amide bonds. The lowest BCUT2D eigenvalue weighted by Crippen LogP contribution is -2.46. The summed E-state index contributed by atoms with van der Waals surface area (Å²) in [5.74, 6) is -0.179. The molecule has 1 fully saturated rings. The first-order valence-corrected chi connectivity index (χ1v) is 9.09. The zero-order valence-corrected chi connectivity index (χ0v) is 15.7. The number of rotatable bonds is 3. The molecule has 1 aromatic heterocycles. The summed E-state index contributed by atoms with van der Waals surface area (Å²) in [6, 6.07) is 5.69. The SMILES string of the molecule is Cn1cc(NC(=O)CN2CC3(CC3)c3cc(Br)ccc3C2=O)ncc1=O. The summed E-state index contributed by atoms with van der Waals surface area (Å²) in [7, 11) is 1.58. The monoisotopic (exact) mass is 416 g/mol. The van der Waals surface area contributed by atoms with Crippen LogP contribution in [0, 0.1) is 0 Å². The van der Waals surface area contributed by atoms with Gasteiger partial charge in [-0.1, -0.05) is 15.9 Å². The van der Waals surface area contributed by atoms with Crippen molar-refractivity contribution in [1.82, 2.24) is 14.5 Å². The Labute approximate surface area is 158 Å². The van der Waals surface area contributed by atoms with Crippen molar-refractivity contribution in [3.8, 4) is 0 Å². The van der Waals surface area contributed by atoms with E-state index in [2.05, 4.69) is 26.2 Å². The Morgan fingerprint density at radius 1 is 1.35 bits per heavy atom. The molecule has 8 heteroatoms. The highest BCUT2D eigenvalue weighted by Gasteiger charge is 2.51. The molecule has 0 radical (unpaired) electrons. The van der Waals surface area contributed by atoms with E-state index in [-0.39, 0.29) is 35.2 Å². The van der Waals surface area contributed by atoms with Crippen LogP contribution in [0.25, 0.3) is 0 Å². The third kappa shape index (κ3) is 2.94. The molecule has 0 saturated heterocycles. The van der Waals surface area contributed by atoms with Crippen LogP contribution in [0.1, 0.15) is 28.8 Å². The van der Waals surface area contributed by atoms with Gasteiger partial charge in [-0.3, -0.25) is 14.4 Å². The molecule has 2 aromatic rings. The fourth-order valence-corrected chi connectivity index (χ4v) is 3.82. The van der Waals surface area contributed by atoms with E-state index in [0.717, 1.165) is 29.1 Å². The van der Waals surface area contributed by atoms with Crippen LogP contribution in [-0.2, 0) is 17.3 Å².